The summed E-state index contributed by atoms with van der Waals surface area (Å²) in [7, 11) is 1.69. The molecule has 0 N–H and O–H groups in total. The Labute approximate surface area is 160 Å². The van der Waals surface area contributed by atoms with Crippen LogP contribution >= 0.6 is 0 Å². The van der Waals surface area contributed by atoms with Crippen LogP contribution in [0.25, 0.3) is 0 Å². The quantitative estimate of drug-likeness (QED) is 0.630. The average molecular weight is 369 g/mol. The highest BCUT2D eigenvalue weighted by atomic mass is 16.5. The molecule has 1 amide bonds. The van der Waals surface area contributed by atoms with Crippen molar-refractivity contribution in [3.05, 3.63) is 65.2 Å². The fourth-order valence-electron chi connectivity index (χ4n) is 2.42. The number of amides is 1. The van der Waals surface area contributed by atoms with Crippen LogP contribution in [0.1, 0.15) is 36.5 Å². The molecule has 0 spiro atoms. The van der Waals surface area contributed by atoms with Crippen molar-refractivity contribution in [2.45, 2.75) is 39.9 Å². The third-order valence-electron chi connectivity index (χ3n) is 4.23. The molecular formula is C22H27NO4. The lowest BCUT2D eigenvalue weighted by molar-refractivity contribution is -0.145. The van der Waals surface area contributed by atoms with E-state index in [1.165, 1.54) is 5.56 Å². The summed E-state index contributed by atoms with van der Waals surface area (Å²) < 4.78 is 11.0. The van der Waals surface area contributed by atoms with E-state index in [-0.39, 0.29) is 24.9 Å². The van der Waals surface area contributed by atoms with Gasteiger partial charge in [0.2, 0.25) is 5.91 Å². The smallest absolute Gasteiger partial charge is 0.307 e. The van der Waals surface area contributed by atoms with Gasteiger partial charge in [0.15, 0.2) is 0 Å². The van der Waals surface area contributed by atoms with Gasteiger partial charge in [-0.05, 0) is 30.2 Å². The van der Waals surface area contributed by atoms with Crippen LogP contribution in [0.5, 0.6) is 5.75 Å². The molecule has 0 aliphatic rings. The van der Waals surface area contributed by atoms with E-state index in [4.69, 9.17) is 9.47 Å². The molecule has 0 radical (unpaired) electrons. The van der Waals surface area contributed by atoms with Crippen LogP contribution in [0.3, 0.4) is 0 Å². The van der Waals surface area contributed by atoms with Crippen LogP contribution in [-0.4, -0.2) is 30.4 Å². The molecule has 0 heterocycles. The predicted octanol–water partition coefficient (Wildman–Crippen LogP) is 3.88. The Morgan fingerprint density at radius 3 is 2.15 bits per heavy atom. The summed E-state index contributed by atoms with van der Waals surface area (Å²) in [5.41, 5.74) is 3.23. The molecule has 5 nitrogen and oxygen atoms in total. The number of nitrogens with zero attached hydrogens (tertiary/aromatic N) is 1. The maximum atomic E-state index is 11.8. The number of aryl methyl sites for hydroxylation is 1. The van der Waals surface area contributed by atoms with E-state index >= 15 is 0 Å². The number of carbonyl (C=O) groups is 2. The molecule has 2 aromatic carbocycles. The van der Waals surface area contributed by atoms with E-state index in [2.05, 4.69) is 31.2 Å². The summed E-state index contributed by atoms with van der Waals surface area (Å²) in [6.45, 7) is 4.95. The molecule has 0 fully saturated rings. The molecule has 5 heteroatoms. The Morgan fingerprint density at radius 1 is 0.926 bits per heavy atom. The summed E-state index contributed by atoms with van der Waals surface area (Å²) in [4.78, 5) is 24.8. The number of benzene rings is 2. The maximum Gasteiger partial charge on any atom is 0.307 e. The summed E-state index contributed by atoms with van der Waals surface area (Å²) in [5.74, 6) is 0.472. The third kappa shape index (κ3) is 7.13. The second kappa shape index (κ2) is 10.4. The fourth-order valence-corrected chi connectivity index (χ4v) is 2.42. The zero-order chi connectivity index (χ0) is 19.6. The maximum absolute atomic E-state index is 11.8. The number of carbonyl (C=O) groups excluding carboxylic acids is 2. The highest BCUT2D eigenvalue weighted by Gasteiger charge is 2.09. The average Bonchev–Trinajstić information content (AvgIpc) is 2.70. The second-order valence-electron chi connectivity index (χ2n) is 6.50. The summed E-state index contributed by atoms with van der Waals surface area (Å²) >= 11 is 0. The Kier molecular flexibility index (Phi) is 7.86. The molecule has 0 unspecified atom stereocenters. The molecule has 27 heavy (non-hydrogen) atoms. The Hall–Kier alpha value is -2.82. The molecule has 0 bridgehead atoms. The third-order valence-corrected chi connectivity index (χ3v) is 4.23. The molecule has 0 saturated carbocycles. The Balaban J connectivity index is 1.72. The highest BCUT2D eigenvalue weighted by Crippen LogP contribution is 2.15. The molecule has 0 aromatic heterocycles. The van der Waals surface area contributed by atoms with Gasteiger partial charge in [0.25, 0.3) is 0 Å². The van der Waals surface area contributed by atoms with Gasteiger partial charge in [0.05, 0.1) is 6.42 Å². The minimum atomic E-state index is -0.314. The molecule has 0 aliphatic heterocycles. The van der Waals surface area contributed by atoms with E-state index in [9.17, 15) is 9.59 Å². The van der Waals surface area contributed by atoms with E-state index in [1.807, 2.05) is 24.3 Å². The van der Waals surface area contributed by atoms with Crippen molar-refractivity contribution in [2.24, 2.45) is 0 Å². The van der Waals surface area contributed by atoms with Crippen LogP contribution in [0.2, 0.25) is 0 Å². The van der Waals surface area contributed by atoms with E-state index in [0.29, 0.717) is 19.6 Å². The predicted molar refractivity (Wildman–Crippen MR) is 104 cm³/mol. The molecule has 0 saturated heterocycles. The molecule has 0 aliphatic carbocycles. The minimum absolute atomic E-state index is 0.0176. The van der Waals surface area contributed by atoms with E-state index in [1.54, 1.807) is 18.9 Å². The van der Waals surface area contributed by atoms with Gasteiger partial charge < -0.3 is 14.4 Å². The van der Waals surface area contributed by atoms with Gasteiger partial charge >= 0.3 is 5.97 Å². The number of rotatable bonds is 9. The number of esters is 1. The lowest BCUT2D eigenvalue weighted by Crippen LogP contribution is -2.28. The fraction of sp³-hybridized carbons (Fsp3) is 0.364. The Bertz CT molecular complexity index is 738. The normalized spacial score (nSPS) is 10.3. The molecule has 0 atom stereocenters. The highest BCUT2D eigenvalue weighted by molar-refractivity contribution is 5.76. The van der Waals surface area contributed by atoms with E-state index < -0.39 is 0 Å². The van der Waals surface area contributed by atoms with Crippen molar-refractivity contribution in [3.63, 3.8) is 0 Å². The first kappa shape index (κ1) is 20.5. The zero-order valence-electron chi connectivity index (χ0n) is 16.2. The topological polar surface area (TPSA) is 55.8 Å². The van der Waals surface area contributed by atoms with Crippen molar-refractivity contribution in [1.82, 2.24) is 4.90 Å². The van der Waals surface area contributed by atoms with E-state index in [0.717, 1.165) is 16.9 Å². The molecular weight excluding hydrogens is 342 g/mol. The van der Waals surface area contributed by atoms with Gasteiger partial charge in [0, 0.05) is 20.0 Å². The van der Waals surface area contributed by atoms with Gasteiger partial charge in [-0.15, -0.1) is 0 Å². The molecule has 144 valence electrons. The van der Waals surface area contributed by atoms with Crippen LogP contribution in [0.4, 0.5) is 0 Å². The molecule has 2 rings (SSSR count). The summed E-state index contributed by atoms with van der Waals surface area (Å²) in [5, 5.41) is 0. The largest absolute Gasteiger partial charge is 0.489 e. The van der Waals surface area contributed by atoms with Gasteiger partial charge in [-0.3, -0.25) is 9.59 Å². The standard InChI is InChI=1S/C22H27NO4/c1-4-21(24)23(3)14-13-22(25)27-16-19-9-11-20(12-10-19)26-15-18-7-5-17(2)6-8-18/h5-12H,4,13-16H2,1-3H3. The summed E-state index contributed by atoms with van der Waals surface area (Å²) in [6.07, 6.45) is 0.629. The van der Waals surface area contributed by atoms with Crippen LogP contribution in [-0.2, 0) is 27.5 Å². The van der Waals surface area contributed by atoms with Gasteiger partial charge in [0.1, 0.15) is 19.0 Å². The monoisotopic (exact) mass is 369 g/mol. The first-order valence-corrected chi connectivity index (χ1v) is 9.14. The van der Waals surface area contributed by atoms with Crippen LogP contribution in [0.15, 0.2) is 48.5 Å². The van der Waals surface area contributed by atoms with Crippen LogP contribution < -0.4 is 4.74 Å². The zero-order valence-corrected chi connectivity index (χ0v) is 16.2. The Morgan fingerprint density at radius 2 is 1.52 bits per heavy atom. The van der Waals surface area contributed by atoms with Gasteiger partial charge in [-0.2, -0.15) is 0 Å². The molecule has 2 aromatic rings. The van der Waals surface area contributed by atoms with Crippen molar-refractivity contribution >= 4 is 11.9 Å². The number of ether oxygens (including phenoxy) is 2. The second-order valence-corrected chi connectivity index (χ2v) is 6.50. The van der Waals surface area contributed by atoms with Gasteiger partial charge in [-0.1, -0.05) is 48.9 Å². The van der Waals surface area contributed by atoms with Crippen molar-refractivity contribution in [2.75, 3.05) is 13.6 Å². The van der Waals surface area contributed by atoms with Gasteiger partial charge in [-0.25, -0.2) is 0 Å². The lowest BCUT2D eigenvalue weighted by atomic mass is 10.2. The minimum Gasteiger partial charge on any atom is -0.489 e. The summed E-state index contributed by atoms with van der Waals surface area (Å²) in [6, 6.07) is 15.7. The first-order chi connectivity index (χ1) is 13.0. The van der Waals surface area contributed by atoms with Crippen LogP contribution in [0, 0.1) is 6.92 Å². The van der Waals surface area contributed by atoms with Crippen molar-refractivity contribution < 1.29 is 19.1 Å². The first-order valence-electron chi connectivity index (χ1n) is 9.14. The lowest BCUT2D eigenvalue weighted by Gasteiger charge is -2.15. The number of hydrogen-bond donors (Lipinski definition) is 0. The number of hydrogen-bond acceptors (Lipinski definition) is 4. The van der Waals surface area contributed by atoms with Crippen molar-refractivity contribution in [1.29, 1.82) is 0 Å². The SMILES string of the molecule is CCC(=O)N(C)CCC(=O)OCc1ccc(OCc2ccc(C)cc2)cc1. The van der Waals surface area contributed by atoms with Crippen molar-refractivity contribution in [3.8, 4) is 5.75 Å².